The fourth-order valence-electron chi connectivity index (χ4n) is 4.66. The average Bonchev–Trinajstić information content (AvgIpc) is 3.11. The molecule has 1 heterocycles. The molecule has 0 saturated carbocycles. The van der Waals surface area contributed by atoms with Crippen molar-refractivity contribution in [3.05, 3.63) is 36.0 Å². The molecule has 1 aliphatic rings. The van der Waals surface area contributed by atoms with Crippen LogP contribution in [0.5, 0.6) is 0 Å². The van der Waals surface area contributed by atoms with Crippen LogP contribution in [0.25, 0.3) is 0 Å². The van der Waals surface area contributed by atoms with Crippen LogP contribution in [-0.4, -0.2) is 8.32 Å². The van der Waals surface area contributed by atoms with E-state index in [0.717, 1.165) is 12.8 Å². The Morgan fingerprint density at radius 2 is 1.75 bits per heavy atom. The van der Waals surface area contributed by atoms with Crippen LogP contribution in [0.4, 0.5) is 0 Å². The molecule has 0 aliphatic heterocycles. The molecule has 0 aromatic carbocycles. The Kier molecular flexibility index (Phi) is 6.06. The van der Waals surface area contributed by atoms with Gasteiger partial charge in [0, 0.05) is 6.42 Å². The number of hydrogen-bond acceptors (Lipinski definition) is 2. The minimum absolute atomic E-state index is 0.262. The second kappa shape index (κ2) is 7.51. The molecule has 0 bridgehead atoms. The van der Waals surface area contributed by atoms with Gasteiger partial charge in [-0.2, -0.15) is 0 Å². The first-order valence-electron chi connectivity index (χ1n) is 9.61. The van der Waals surface area contributed by atoms with Gasteiger partial charge in [-0.15, -0.1) is 0 Å². The van der Waals surface area contributed by atoms with Crippen molar-refractivity contribution < 1.29 is 8.84 Å². The summed E-state index contributed by atoms with van der Waals surface area (Å²) in [7, 11) is -1.81. The van der Waals surface area contributed by atoms with Crippen molar-refractivity contribution in [2.24, 2.45) is 5.41 Å². The van der Waals surface area contributed by atoms with Crippen LogP contribution in [0.3, 0.4) is 0 Å². The Hall–Kier alpha value is -0.963. The molecule has 1 aromatic heterocycles. The summed E-state index contributed by atoms with van der Waals surface area (Å²) in [6.07, 6.45) is 10.6. The number of furan rings is 1. The van der Waals surface area contributed by atoms with Crippen LogP contribution in [-0.2, 0) is 10.8 Å². The summed E-state index contributed by atoms with van der Waals surface area (Å²) < 4.78 is 12.1. The summed E-state index contributed by atoms with van der Waals surface area (Å²) in [6.45, 7) is 16.5. The zero-order chi connectivity index (χ0) is 18.0. The molecule has 2 nitrogen and oxygen atoms in total. The molecule has 136 valence electrons. The third-order valence-corrected chi connectivity index (χ3v) is 12.1. The van der Waals surface area contributed by atoms with Crippen molar-refractivity contribution in [3.8, 4) is 0 Å². The summed E-state index contributed by atoms with van der Waals surface area (Å²) in [5.74, 6) is 1.27. The van der Waals surface area contributed by atoms with Crippen LogP contribution in [0.2, 0.25) is 16.6 Å². The molecule has 0 spiro atoms. The molecular weight excluding hydrogens is 312 g/mol. The lowest BCUT2D eigenvalue weighted by Crippen LogP contribution is -2.47. The van der Waals surface area contributed by atoms with E-state index in [9.17, 15) is 0 Å². The van der Waals surface area contributed by atoms with Crippen molar-refractivity contribution in [1.82, 2.24) is 0 Å². The van der Waals surface area contributed by atoms with E-state index in [1.54, 1.807) is 6.26 Å². The normalized spacial score (nSPS) is 21.8. The maximum atomic E-state index is 6.90. The van der Waals surface area contributed by atoms with E-state index in [4.69, 9.17) is 8.84 Å². The van der Waals surface area contributed by atoms with Gasteiger partial charge in [-0.25, -0.2) is 0 Å². The average molecular weight is 349 g/mol. The van der Waals surface area contributed by atoms with Crippen LogP contribution in [0, 0.1) is 5.41 Å². The van der Waals surface area contributed by atoms with Gasteiger partial charge in [0.25, 0.3) is 8.32 Å². The fourth-order valence-corrected chi connectivity index (χ4v) is 9.99. The van der Waals surface area contributed by atoms with Crippen molar-refractivity contribution in [3.63, 3.8) is 0 Å². The molecule has 2 rings (SSSR count). The van der Waals surface area contributed by atoms with Crippen LogP contribution in [0.1, 0.15) is 73.3 Å². The second-order valence-electron chi connectivity index (χ2n) is 8.82. The van der Waals surface area contributed by atoms with Crippen LogP contribution in [0.15, 0.2) is 34.8 Å². The van der Waals surface area contributed by atoms with Gasteiger partial charge in [0.15, 0.2) is 0 Å². The lowest BCUT2D eigenvalue weighted by atomic mass is 9.84. The molecule has 24 heavy (non-hydrogen) atoms. The van der Waals surface area contributed by atoms with Crippen molar-refractivity contribution in [2.75, 3.05) is 0 Å². The van der Waals surface area contributed by atoms with Crippen molar-refractivity contribution in [1.29, 1.82) is 0 Å². The Balaban J connectivity index is 2.11. The Morgan fingerprint density at radius 3 is 2.25 bits per heavy atom. The number of allylic oxidation sites excluding steroid dienone is 2. The van der Waals surface area contributed by atoms with Crippen LogP contribution < -0.4 is 0 Å². The SMILES string of the molecule is CC(C)[Si](OC1=C[C@](C)(CCc2ccoc2)CC1)(C(C)C)C(C)C. The van der Waals surface area contributed by atoms with E-state index in [1.165, 1.54) is 24.2 Å². The molecule has 0 saturated heterocycles. The predicted octanol–water partition coefficient (Wildman–Crippen LogP) is 7.09. The van der Waals surface area contributed by atoms with Gasteiger partial charge in [-0.05, 0) is 59.0 Å². The maximum Gasteiger partial charge on any atom is 0.258 e. The highest BCUT2D eigenvalue weighted by molar-refractivity contribution is 6.77. The topological polar surface area (TPSA) is 22.4 Å². The standard InChI is InChI=1S/C21H36O2Si/c1-16(2)24(17(3)4,18(5)6)23-20-9-12-21(7,14-20)11-8-19-10-13-22-15-19/h10,13-18H,8-9,11-12H2,1-7H3/t21-/m1/s1. The molecule has 0 unspecified atom stereocenters. The Labute approximate surface area is 149 Å². The van der Waals surface area contributed by atoms with E-state index in [0.29, 0.717) is 16.6 Å². The third kappa shape index (κ3) is 3.99. The largest absolute Gasteiger partial charge is 0.546 e. The molecule has 0 radical (unpaired) electrons. The second-order valence-corrected chi connectivity index (χ2v) is 14.2. The summed E-state index contributed by atoms with van der Waals surface area (Å²) in [5.41, 5.74) is 3.47. The smallest absolute Gasteiger partial charge is 0.258 e. The zero-order valence-corrected chi connectivity index (χ0v) is 17.7. The van der Waals surface area contributed by atoms with Gasteiger partial charge in [0.2, 0.25) is 0 Å². The van der Waals surface area contributed by atoms with E-state index in [1.807, 2.05) is 6.26 Å². The molecular formula is C21H36O2Si. The third-order valence-electron chi connectivity index (χ3n) is 6.03. The molecule has 1 aromatic rings. The number of rotatable bonds is 8. The molecule has 0 amide bonds. The molecule has 1 atom stereocenters. The first kappa shape index (κ1) is 19.4. The quantitative estimate of drug-likeness (QED) is 0.468. The Bertz CT molecular complexity index is 520. The van der Waals surface area contributed by atoms with Gasteiger partial charge in [0.05, 0.1) is 18.3 Å². The van der Waals surface area contributed by atoms with E-state index in [2.05, 4.69) is 60.6 Å². The van der Waals surface area contributed by atoms with Crippen molar-refractivity contribution in [2.45, 2.75) is 90.8 Å². The maximum absolute atomic E-state index is 6.90. The predicted molar refractivity (Wildman–Crippen MR) is 105 cm³/mol. The lowest BCUT2D eigenvalue weighted by Gasteiger charge is -2.42. The lowest BCUT2D eigenvalue weighted by molar-refractivity contribution is 0.356. The summed E-state index contributed by atoms with van der Waals surface area (Å²) in [5, 5.41) is 0. The monoisotopic (exact) mass is 348 g/mol. The minimum atomic E-state index is -1.81. The first-order valence-corrected chi connectivity index (χ1v) is 11.8. The Morgan fingerprint density at radius 1 is 1.12 bits per heavy atom. The number of hydrogen-bond donors (Lipinski definition) is 0. The van der Waals surface area contributed by atoms with E-state index >= 15 is 0 Å². The summed E-state index contributed by atoms with van der Waals surface area (Å²) >= 11 is 0. The summed E-state index contributed by atoms with van der Waals surface area (Å²) in [6, 6.07) is 2.08. The van der Waals surface area contributed by atoms with Gasteiger partial charge >= 0.3 is 0 Å². The van der Waals surface area contributed by atoms with Crippen LogP contribution >= 0.6 is 0 Å². The number of aryl methyl sites for hydroxylation is 1. The minimum Gasteiger partial charge on any atom is -0.546 e. The van der Waals surface area contributed by atoms with Crippen molar-refractivity contribution >= 4 is 8.32 Å². The fraction of sp³-hybridized carbons (Fsp3) is 0.714. The van der Waals surface area contributed by atoms with Gasteiger partial charge in [-0.1, -0.05) is 48.5 Å². The molecule has 0 fully saturated rings. The first-order chi connectivity index (χ1) is 11.2. The highest BCUT2D eigenvalue weighted by Gasteiger charge is 2.48. The molecule has 3 heteroatoms. The van der Waals surface area contributed by atoms with E-state index < -0.39 is 8.32 Å². The van der Waals surface area contributed by atoms with Gasteiger partial charge in [0.1, 0.15) is 0 Å². The highest BCUT2D eigenvalue weighted by Crippen LogP contribution is 2.47. The molecule has 0 N–H and O–H groups in total. The van der Waals surface area contributed by atoms with Gasteiger partial charge in [-0.3, -0.25) is 0 Å². The van der Waals surface area contributed by atoms with Gasteiger partial charge < -0.3 is 8.84 Å². The van der Waals surface area contributed by atoms with E-state index in [-0.39, 0.29) is 5.41 Å². The zero-order valence-electron chi connectivity index (χ0n) is 16.7. The molecule has 1 aliphatic carbocycles. The summed E-state index contributed by atoms with van der Waals surface area (Å²) in [4.78, 5) is 0. The highest BCUT2D eigenvalue weighted by atomic mass is 28.4.